The number of aromatic nitrogens is 2. The van der Waals surface area contributed by atoms with Crippen molar-refractivity contribution in [1.29, 1.82) is 0 Å². The summed E-state index contributed by atoms with van der Waals surface area (Å²) in [4.78, 5) is 29.3. The number of fused-ring (bicyclic) bond motifs is 10. The third-order valence-corrected chi connectivity index (χ3v) is 7.37. The molecule has 1 saturated heterocycles. The Morgan fingerprint density at radius 1 is 0.973 bits per heavy atom. The summed E-state index contributed by atoms with van der Waals surface area (Å²) in [6.07, 6.45) is -4.73. The molecule has 3 aromatic carbocycles. The molecule has 0 aliphatic carbocycles. The van der Waals surface area contributed by atoms with Gasteiger partial charge >= 0.3 is 0 Å². The number of aromatic amines is 1. The van der Waals surface area contributed by atoms with Gasteiger partial charge in [-0.15, -0.1) is 0 Å². The van der Waals surface area contributed by atoms with E-state index in [9.17, 15) is 33.7 Å². The number of hydrogen-bond acceptors (Lipinski definition) is 6. The van der Waals surface area contributed by atoms with E-state index in [1.807, 2.05) is 0 Å². The number of ether oxygens (including phenoxy) is 1. The first-order valence-corrected chi connectivity index (χ1v) is 11.7. The minimum Gasteiger partial charge on any atom is -0.394 e. The second-order valence-corrected chi connectivity index (χ2v) is 9.48. The standard InChI is InChI=1S/C26H19F2N3O6/c27-9-1-3-14-12(5-9)17-19-20(25(36)30-24(19)35)18-13-6-10(28)2-4-15(13)31(22(18)21(17)29-14)26-23(34)16(33)7-11(8-32)37-26/h1-6,11,16,23,26,29,32-34H,7-8H2,(H,30,35,36)/t11-,16-,23+,26?/m0/s1. The molecule has 4 heterocycles. The number of imide groups is 1. The number of carbonyl (C=O) groups is 2. The zero-order chi connectivity index (χ0) is 25.7. The van der Waals surface area contributed by atoms with Gasteiger partial charge in [-0.1, -0.05) is 0 Å². The maximum absolute atomic E-state index is 14.5. The molecule has 0 saturated carbocycles. The number of aliphatic hydroxyl groups excluding tert-OH is 3. The SMILES string of the molecule is O=C1NC(=O)c2c1c1c3cc(F)ccc3[nH]c1c1c2c2cc(F)ccc2n1C1O[C@H](CO)C[C@H](O)[C@H]1O. The molecule has 5 aromatic rings. The van der Waals surface area contributed by atoms with Crippen LogP contribution in [0.25, 0.3) is 43.6 Å². The van der Waals surface area contributed by atoms with Gasteiger partial charge in [0.2, 0.25) is 0 Å². The molecule has 188 valence electrons. The molecule has 7 rings (SSSR count). The van der Waals surface area contributed by atoms with Gasteiger partial charge in [0.15, 0.2) is 6.23 Å². The van der Waals surface area contributed by atoms with Gasteiger partial charge < -0.3 is 29.6 Å². The number of carbonyl (C=O) groups excluding carboxylic acids is 2. The summed E-state index contributed by atoms with van der Waals surface area (Å²) in [6.45, 7) is -0.417. The number of nitrogens with one attached hydrogen (secondary N) is 2. The Kier molecular flexibility index (Phi) is 4.56. The van der Waals surface area contributed by atoms with Gasteiger partial charge in [-0.2, -0.15) is 0 Å². The van der Waals surface area contributed by atoms with E-state index in [1.54, 1.807) is 0 Å². The highest BCUT2D eigenvalue weighted by Gasteiger charge is 2.41. The highest BCUT2D eigenvalue weighted by atomic mass is 19.1. The molecule has 5 N–H and O–H groups in total. The van der Waals surface area contributed by atoms with Crippen molar-refractivity contribution >= 4 is 55.4 Å². The highest BCUT2D eigenvalue weighted by molar-refractivity contribution is 6.39. The van der Waals surface area contributed by atoms with E-state index in [-0.39, 0.29) is 33.7 Å². The highest BCUT2D eigenvalue weighted by Crippen LogP contribution is 2.46. The number of amides is 2. The van der Waals surface area contributed by atoms with Crippen LogP contribution in [0.5, 0.6) is 0 Å². The van der Waals surface area contributed by atoms with E-state index in [0.717, 1.165) is 0 Å². The molecule has 2 aromatic heterocycles. The lowest BCUT2D eigenvalue weighted by molar-refractivity contribution is -0.202. The Balaban J connectivity index is 1.73. The third-order valence-electron chi connectivity index (χ3n) is 7.37. The predicted molar refractivity (Wildman–Crippen MR) is 128 cm³/mol. The van der Waals surface area contributed by atoms with Crippen molar-refractivity contribution in [1.82, 2.24) is 14.9 Å². The predicted octanol–water partition coefficient (Wildman–Crippen LogP) is 2.59. The molecule has 0 bridgehead atoms. The first kappa shape index (κ1) is 22.3. The number of nitrogens with zero attached hydrogens (tertiary/aromatic N) is 1. The molecule has 11 heteroatoms. The van der Waals surface area contributed by atoms with Crippen LogP contribution in [0.1, 0.15) is 33.4 Å². The Morgan fingerprint density at radius 2 is 1.65 bits per heavy atom. The van der Waals surface area contributed by atoms with Crippen LogP contribution < -0.4 is 5.32 Å². The summed E-state index contributed by atoms with van der Waals surface area (Å²) >= 11 is 0. The lowest BCUT2D eigenvalue weighted by atomic mass is 9.96. The summed E-state index contributed by atoms with van der Waals surface area (Å²) in [6, 6.07) is 7.87. The van der Waals surface area contributed by atoms with Gasteiger partial charge in [-0.25, -0.2) is 8.78 Å². The molecule has 1 fully saturated rings. The van der Waals surface area contributed by atoms with E-state index in [4.69, 9.17) is 4.74 Å². The van der Waals surface area contributed by atoms with E-state index in [1.165, 1.54) is 41.0 Å². The lowest BCUT2D eigenvalue weighted by Gasteiger charge is -2.38. The zero-order valence-corrected chi connectivity index (χ0v) is 19.0. The summed E-state index contributed by atoms with van der Waals surface area (Å²) in [5, 5.41) is 34.7. The fraction of sp³-hybridized carbons (Fsp3) is 0.231. The van der Waals surface area contributed by atoms with Crippen LogP contribution in [0.2, 0.25) is 0 Å². The number of rotatable bonds is 2. The zero-order valence-electron chi connectivity index (χ0n) is 19.0. The maximum Gasteiger partial charge on any atom is 0.259 e. The van der Waals surface area contributed by atoms with Gasteiger partial charge in [0.25, 0.3) is 11.8 Å². The van der Waals surface area contributed by atoms with Crippen LogP contribution in [-0.4, -0.2) is 61.6 Å². The number of aliphatic hydroxyl groups is 3. The Morgan fingerprint density at radius 3 is 2.38 bits per heavy atom. The third kappa shape index (κ3) is 2.90. The van der Waals surface area contributed by atoms with Gasteiger partial charge in [0.05, 0.1) is 46.5 Å². The average Bonchev–Trinajstić information content (AvgIpc) is 3.49. The molecule has 4 atom stereocenters. The lowest BCUT2D eigenvalue weighted by Crippen LogP contribution is -2.46. The van der Waals surface area contributed by atoms with Gasteiger partial charge in [-0.3, -0.25) is 14.9 Å². The second kappa shape index (κ2) is 7.56. The minimum atomic E-state index is -1.44. The molecule has 2 aliphatic rings. The fourth-order valence-electron chi connectivity index (χ4n) is 5.85. The Hall–Kier alpha value is -3.90. The second-order valence-electron chi connectivity index (χ2n) is 9.48. The first-order valence-electron chi connectivity index (χ1n) is 11.7. The van der Waals surface area contributed by atoms with Crippen molar-refractivity contribution < 1.29 is 38.4 Å². The normalized spacial score (nSPS) is 24.0. The number of H-pyrrole nitrogens is 1. The Bertz CT molecular complexity index is 1830. The van der Waals surface area contributed by atoms with Crippen molar-refractivity contribution in [3.05, 3.63) is 59.2 Å². The van der Waals surface area contributed by atoms with Crippen LogP contribution in [0.4, 0.5) is 8.78 Å². The van der Waals surface area contributed by atoms with Crippen molar-refractivity contribution in [3.8, 4) is 0 Å². The summed E-state index contributed by atoms with van der Waals surface area (Å²) < 4.78 is 36.4. The maximum atomic E-state index is 14.5. The van der Waals surface area contributed by atoms with Gasteiger partial charge in [0.1, 0.15) is 17.7 Å². The summed E-state index contributed by atoms with van der Waals surface area (Å²) in [5.74, 6) is -2.50. The van der Waals surface area contributed by atoms with Crippen LogP contribution in [0.3, 0.4) is 0 Å². The van der Waals surface area contributed by atoms with Gasteiger partial charge in [-0.05, 0) is 36.4 Å². The quantitative estimate of drug-likeness (QED) is 0.233. The largest absolute Gasteiger partial charge is 0.394 e. The molecule has 2 amide bonds. The van der Waals surface area contributed by atoms with E-state index >= 15 is 0 Å². The van der Waals surface area contributed by atoms with E-state index < -0.39 is 54.6 Å². The number of hydrogen-bond donors (Lipinski definition) is 5. The topological polar surface area (TPSA) is 137 Å². The van der Waals surface area contributed by atoms with Crippen molar-refractivity contribution in [3.63, 3.8) is 0 Å². The summed E-state index contributed by atoms with van der Waals surface area (Å²) in [7, 11) is 0. The fourth-order valence-corrected chi connectivity index (χ4v) is 5.85. The molecule has 0 radical (unpaired) electrons. The molecule has 37 heavy (non-hydrogen) atoms. The number of halogens is 2. The Labute approximate surface area is 205 Å². The van der Waals surface area contributed by atoms with Crippen molar-refractivity contribution in [2.75, 3.05) is 6.61 Å². The van der Waals surface area contributed by atoms with Crippen LogP contribution >= 0.6 is 0 Å². The summed E-state index contributed by atoms with van der Waals surface area (Å²) in [5.41, 5.74) is 1.51. The minimum absolute atomic E-state index is 0.00318. The van der Waals surface area contributed by atoms with Gasteiger partial charge in [0, 0.05) is 33.5 Å². The molecule has 1 unspecified atom stereocenters. The monoisotopic (exact) mass is 507 g/mol. The van der Waals surface area contributed by atoms with Crippen LogP contribution in [0, 0.1) is 11.6 Å². The molecule has 9 nitrogen and oxygen atoms in total. The van der Waals surface area contributed by atoms with Crippen molar-refractivity contribution in [2.24, 2.45) is 0 Å². The first-order chi connectivity index (χ1) is 17.8. The molecular weight excluding hydrogens is 488 g/mol. The van der Waals surface area contributed by atoms with Crippen LogP contribution in [0.15, 0.2) is 36.4 Å². The van der Waals surface area contributed by atoms with E-state index in [2.05, 4.69) is 10.3 Å². The molecule has 0 spiro atoms. The smallest absolute Gasteiger partial charge is 0.259 e. The average molecular weight is 507 g/mol. The molecular formula is C26H19F2N3O6. The van der Waals surface area contributed by atoms with E-state index in [0.29, 0.717) is 27.5 Å². The van der Waals surface area contributed by atoms with Crippen molar-refractivity contribution in [2.45, 2.75) is 31.0 Å². The molecule has 2 aliphatic heterocycles. The van der Waals surface area contributed by atoms with Crippen LogP contribution in [-0.2, 0) is 4.74 Å². The number of benzene rings is 3.